The van der Waals surface area contributed by atoms with Crippen LogP contribution in [0.3, 0.4) is 0 Å². The average molecular weight is 239 g/mol. The van der Waals surface area contributed by atoms with Crippen LogP contribution in [0.25, 0.3) is 0 Å². The van der Waals surface area contributed by atoms with Gasteiger partial charge in [-0.25, -0.2) is 0 Å². The lowest BCUT2D eigenvalue weighted by atomic mass is 9.83. The Kier molecular flexibility index (Phi) is 2.97. The highest BCUT2D eigenvalue weighted by Gasteiger charge is 2.22. The van der Waals surface area contributed by atoms with Gasteiger partial charge in [0.05, 0.1) is 0 Å². The fraction of sp³-hybridized carbons (Fsp3) is 0.333. The molecule has 1 aliphatic carbocycles. The summed E-state index contributed by atoms with van der Waals surface area (Å²) in [5.41, 5.74) is 10.6. The van der Waals surface area contributed by atoms with Crippen molar-refractivity contribution in [2.75, 3.05) is 5.73 Å². The Balaban J connectivity index is 1.89. The number of hydrogen-bond acceptors (Lipinski definition) is 3. The van der Waals surface area contributed by atoms with E-state index < -0.39 is 0 Å². The topological polar surface area (TPSA) is 51.8 Å². The van der Waals surface area contributed by atoms with Gasteiger partial charge in [0.25, 0.3) is 0 Å². The predicted molar refractivity (Wildman–Crippen MR) is 72.3 cm³/mol. The zero-order valence-corrected chi connectivity index (χ0v) is 10.3. The van der Waals surface area contributed by atoms with Crippen LogP contribution in [-0.2, 0) is 12.8 Å². The van der Waals surface area contributed by atoms with E-state index in [0.717, 1.165) is 24.1 Å². The van der Waals surface area contributed by atoms with Crippen molar-refractivity contribution < 1.29 is 0 Å². The summed E-state index contributed by atoms with van der Waals surface area (Å²) >= 11 is 0. The smallest absolute Gasteiger partial charge is 0.0469 e. The van der Waals surface area contributed by atoms with Crippen molar-refractivity contribution in [2.24, 2.45) is 0 Å². The van der Waals surface area contributed by atoms with E-state index in [1.165, 1.54) is 24.1 Å². The predicted octanol–water partition coefficient (Wildman–Crippen LogP) is 2.72. The van der Waals surface area contributed by atoms with Gasteiger partial charge < -0.3 is 5.73 Å². The molecule has 2 heterocycles. The van der Waals surface area contributed by atoms with Crippen LogP contribution in [0.4, 0.5) is 5.69 Å². The molecule has 0 saturated heterocycles. The first-order chi connectivity index (χ1) is 8.84. The molecule has 3 heteroatoms. The molecule has 2 N–H and O–H groups in total. The normalized spacial score (nSPS) is 18.3. The SMILES string of the molecule is Nc1ccncc1CC1CCCc2cccnc21. The molecule has 0 fully saturated rings. The zero-order chi connectivity index (χ0) is 12.4. The van der Waals surface area contributed by atoms with Crippen LogP contribution < -0.4 is 5.73 Å². The molecule has 0 radical (unpaired) electrons. The molecule has 92 valence electrons. The third-order valence-electron chi connectivity index (χ3n) is 3.72. The van der Waals surface area contributed by atoms with Gasteiger partial charge in [0.15, 0.2) is 0 Å². The maximum absolute atomic E-state index is 6.00. The number of nitrogens with zero attached hydrogens (tertiary/aromatic N) is 2. The Bertz CT molecular complexity index is 551. The lowest BCUT2D eigenvalue weighted by molar-refractivity contribution is 0.535. The Morgan fingerprint density at radius 2 is 2.22 bits per heavy atom. The molecule has 0 amide bonds. The van der Waals surface area contributed by atoms with E-state index in [2.05, 4.69) is 16.0 Å². The van der Waals surface area contributed by atoms with Crippen LogP contribution in [0.2, 0.25) is 0 Å². The second-order valence-electron chi connectivity index (χ2n) is 4.92. The van der Waals surface area contributed by atoms with Crippen molar-refractivity contribution in [3.05, 3.63) is 53.6 Å². The first-order valence-electron chi connectivity index (χ1n) is 6.47. The Morgan fingerprint density at radius 3 is 3.11 bits per heavy atom. The van der Waals surface area contributed by atoms with Crippen LogP contribution >= 0.6 is 0 Å². The standard InChI is InChI=1S/C15H17N3/c16-14-6-8-17-10-13(14)9-12-4-1-3-11-5-2-7-18-15(11)12/h2,5-8,10,12H,1,3-4,9H2,(H2,16,17). The maximum Gasteiger partial charge on any atom is 0.0469 e. The van der Waals surface area contributed by atoms with Crippen molar-refractivity contribution >= 4 is 5.69 Å². The van der Waals surface area contributed by atoms with Crippen molar-refractivity contribution in [3.8, 4) is 0 Å². The molecule has 1 unspecified atom stereocenters. The molecule has 0 spiro atoms. The highest BCUT2D eigenvalue weighted by atomic mass is 14.7. The van der Waals surface area contributed by atoms with Gasteiger partial charge in [0.1, 0.15) is 0 Å². The molecular formula is C15H17N3. The molecule has 0 aliphatic heterocycles. The third kappa shape index (κ3) is 2.08. The fourth-order valence-corrected chi connectivity index (χ4v) is 2.78. The minimum Gasteiger partial charge on any atom is -0.398 e. The van der Waals surface area contributed by atoms with E-state index in [0.29, 0.717) is 5.92 Å². The quantitative estimate of drug-likeness (QED) is 0.876. The zero-order valence-electron chi connectivity index (χ0n) is 10.3. The van der Waals surface area contributed by atoms with E-state index in [-0.39, 0.29) is 0 Å². The van der Waals surface area contributed by atoms with E-state index >= 15 is 0 Å². The van der Waals surface area contributed by atoms with Crippen molar-refractivity contribution in [2.45, 2.75) is 31.6 Å². The number of pyridine rings is 2. The minimum atomic E-state index is 0.487. The molecule has 3 rings (SSSR count). The average Bonchev–Trinajstić information content (AvgIpc) is 2.42. The largest absolute Gasteiger partial charge is 0.398 e. The summed E-state index contributed by atoms with van der Waals surface area (Å²) in [4.78, 5) is 8.73. The van der Waals surface area contributed by atoms with E-state index in [9.17, 15) is 0 Å². The fourth-order valence-electron chi connectivity index (χ4n) is 2.78. The van der Waals surface area contributed by atoms with Gasteiger partial charge in [0, 0.05) is 35.9 Å². The lowest BCUT2D eigenvalue weighted by Crippen LogP contribution is -2.14. The van der Waals surface area contributed by atoms with Gasteiger partial charge in [-0.3, -0.25) is 9.97 Å². The summed E-state index contributed by atoms with van der Waals surface area (Å²) in [6, 6.07) is 6.10. The molecule has 3 nitrogen and oxygen atoms in total. The molecule has 0 aromatic carbocycles. The number of anilines is 1. The Labute approximate surface area is 107 Å². The van der Waals surface area contributed by atoms with Gasteiger partial charge in [-0.2, -0.15) is 0 Å². The number of nitrogens with two attached hydrogens (primary N) is 1. The van der Waals surface area contributed by atoms with Crippen LogP contribution in [0.5, 0.6) is 0 Å². The summed E-state index contributed by atoms with van der Waals surface area (Å²) < 4.78 is 0. The van der Waals surface area contributed by atoms with Crippen LogP contribution in [-0.4, -0.2) is 9.97 Å². The number of aromatic nitrogens is 2. The summed E-state index contributed by atoms with van der Waals surface area (Å²) in [6.07, 6.45) is 10.1. The van der Waals surface area contributed by atoms with Gasteiger partial charge in [-0.15, -0.1) is 0 Å². The van der Waals surface area contributed by atoms with Crippen molar-refractivity contribution in [1.29, 1.82) is 0 Å². The lowest BCUT2D eigenvalue weighted by Gasteiger charge is -2.24. The number of fused-ring (bicyclic) bond motifs is 1. The van der Waals surface area contributed by atoms with Crippen LogP contribution in [0, 0.1) is 0 Å². The molecular weight excluding hydrogens is 222 g/mol. The Morgan fingerprint density at radius 1 is 1.28 bits per heavy atom. The molecule has 1 atom stereocenters. The second kappa shape index (κ2) is 4.77. The van der Waals surface area contributed by atoms with Crippen LogP contribution in [0.15, 0.2) is 36.8 Å². The summed E-state index contributed by atoms with van der Waals surface area (Å²) in [6.45, 7) is 0. The van der Waals surface area contributed by atoms with Gasteiger partial charge in [-0.05, 0) is 48.9 Å². The highest BCUT2D eigenvalue weighted by molar-refractivity contribution is 5.45. The minimum absolute atomic E-state index is 0.487. The Hall–Kier alpha value is -1.90. The van der Waals surface area contributed by atoms with Crippen LogP contribution in [0.1, 0.15) is 35.6 Å². The summed E-state index contributed by atoms with van der Waals surface area (Å²) in [5, 5.41) is 0. The number of hydrogen-bond donors (Lipinski definition) is 1. The van der Waals surface area contributed by atoms with Gasteiger partial charge in [0.2, 0.25) is 0 Å². The highest BCUT2D eigenvalue weighted by Crippen LogP contribution is 2.33. The number of rotatable bonds is 2. The monoisotopic (exact) mass is 239 g/mol. The number of aryl methyl sites for hydroxylation is 1. The van der Waals surface area contributed by atoms with E-state index in [4.69, 9.17) is 5.73 Å². The first kappa shape index (κ1) is 11.2. The molecule has 2 aromatic heterocycles. The maximum atomic E-state index is 6.00. The van der Waals surface area contributed by atoms with E-state index in [1.54, 1.807) is 6.20 Å². The van der Waals surface area contributed by atoms with Crippen molar-refractivity contribution in [1.82, 2.24) is 9.97 Å². The first-order valence-corrected chi connectivity index (χ1v) is 6.47. The molecule has 2 aromatic rings. The third-order valence-corrected chi connectivity index (χ3v) is 3.72. The molecule has 1 aliphatic rings. The molecule has 0 bridgehead atoms. The second-order valence-corrected chi connectivity index (χ2v) is 4.92. The number of nitrogen functional groups attached to an aromatic ring is 1. The van der Waals surface area contributed by atoms with Crippen molar-refractivity contribution in [3.63, 3.8) is 0 Å². The van der Waals surface area contributed by atoms with Gasteiger partial charge in [-0.1, -0.05) is 6.07 Å². The van der Waals surface area contributed by atoms with Gasteiger partial charge >= 0.3 is 0 Å². The summed E-state index contributed by atoms with van der Waals surface area (Å²) in [7, 11) is 0. The van der Waals surface area contributed by atoms with E-state index in [1.807, 2.05) is 24.5 Å². The molecule has 0 saturated carbocycles. The molecule has 18 heavy (non-hydrogen) atoms. The summed E-state index contributed by atoms with van der Waals surface area (Å²) in [5.74, 6) is 0.487.